The Labute approximate surface area is 456 Å². The molecule has 8 rings (SSSR count). The maximum absolute atomic E-state index is 12.6. The first-order valence-electron chi connectivity index (χ1n) is 24.4. The molecule has 81 heavy (non-hydrogen) atoms. The third-order valence-electron chi connectivity index (χ3n) is 11.5. The molecule has 31 heteroatoms. The van der Waals surface area contributed by atoms with Gasteiger partial charge in [-0.1, -0.05) is 24.3 Å². The number of hydroxylamine groups is 4. The predicted octanol–water partition coefficient (Wildman–Crippen LogP) is -0.447. The smallest absolute Gasteiger partial charge is 0.333 e. The number of nitrogens with one attached hydrogen (secondary N) is 4. The Hall–Kier alpha value is -10.9. The fraction of sp³-hybridized carbons (Fsp3) is 0.280. The van der Waals surface area contributed by atoms with Crippen molar-refractivity contribution in [3.05, 3.63) is 115 Å². The van der Waals surface area contributed by atoms with Crippen molar-refractivity contribution in [2.75, 3.05) is 11.5 Å². The number of H-pyrrole nitrogens is 2. The van der Waals surface area contributed by atoms with E-state index in [-0.39, 0.29) is 95.4 Å². The van der Waals surface area contributed by atoms with Gasteiger partial charge in [0.2, 0.25) is 11.9 Å². The first-order chi connectivity index (χ1) is 39.0. The van der Waals surface area contributed by atoms with Gasteiger partial charge in [-0.05, 0) is 73.9 Å². The summed E-state index contributed by atoms with van der Waals surface area (Å²) in [5, 5.41) is 40.9. The second kappa shape index (κ2) is 28.5. The Morgan fingerprint density at radius 2 is 1.00 bits per heavy atom. The number of imide groups is 2. The van der Waals surface area contributed by atoms with Gasteiger partial charge in [0, 0.05) is 43.2 Å². The molecule has 0 bridgehead atoms. The average Bonchev–Trinajstić information content (AvgIpc) is 4.01. The van der Waals surface area contributed by atoms with Crippen molar-refractivity contribution in [2.24, 2.45) is 0 Å². The molecular formula is C50H50N14O17. The van der Waals surface area contributed by atoms with Crippen molar-refractivity contribution in [3.63, 3.8) is 0 Å². The first kappa shape index (κ1) is 59.3. The van der Waals surface area contributed by atoms with E-state index in [1.54, 1.807) is 36.4 Å². The van der Waals surface area contributed by atoms with E-state index >= 15 is 0 Å². The Morgan fingerprint density at radius 1 is 0.617 bits per heavy atom. The lowest BCUT2D eigenvalue weighted by molar-refractivity contribution is -0.197. The molecule has 2 aromatic carbocycles. The van der Waals surface area contributed by atoms with Crippen LogP contribution in [0, 0.1) is 12.8 Å². The number of carboxylic acid groups (broad SMARTS) is 3. The van der Waals surface area contributed by atoms with Crippen molar-refractivity contribution in [1.82, 2.24) is 60.6 Å². The van der Waals surface area contributed by atoms with E-state index in [0.717, 1.165) is 11.1 Å². The van der Waals surface area contributed by atoms with Crippen molar-refractivity contribution in [1.29, 1.82) is 0 Å². The molecule has 2 saturated heterocycles. The van der Waals surface area contributed by atoms with Gasteiger partial charge in [-0.25, -0.2) is 34.3 Å². The molecular weight excluding hydrogens is 1070 g/mol. The average molecular weight is 1120 g/mol. The van der Waals surface area contributed by atoms with Crippen LogP contribution in [-0.2, 0) is 68.9 Å². The maximum atomic E-state index is 12.6. The standard InChI is InChI=1S/C24H23N7O8.C20H20N6O6.C4H5NO3.C2H2/c25-24-29-20-19(22(36)30-24)27-14(11-26-20)6-3-12-1-4-13(5-2-12)21(35)28-15(23(37)38)7-10-18(34)39-31-16(32)8-9-17(31)33;21-20-25-16-15(18(30)26-20)23-12(9-22-16)6-3-10-1-4-11(5-2-10)17(29)24-13(19(31)32)7-8-14(27)28;6-3-1-2-4(7)5(3)8;1-2/h1-2,4-5,11,15H,3,6-10H2,(H,28,35)(H,37,38)(H3,25,26,29,30,36);1-2,4-5,9,13H,3,6-8H2,(H,24,29)(H,27,28)(H,31,32)(H3,21,22,25,26,30);8H,1-2H2;1-2H/i;;;1D. The summed E-state index contributed by atoms with van der Waals surface area (Å²) in [6.45, 7) is 0. The van der Waals surface area contributed by atoms with Crippen LogP contribution in [0.5, 0.6) is 0 Å². The number of anilines is 2. The summed E-state index contributed by atoms with van der Waals surface area (Å²) in [6.07, 6.45) is 9.60. The number of amides is 6. The number of hydrogen-bond acceptors (Lipinski definition) is 22. The number of fused-ring (bicyclic) bond motifs is 2. The van der Waals surface area contributed by atoms with E-state index in [0.29, 0.717) is 42.1 Å². The van der Waals surface area contributed by atoms with Gasteiger partial charge in [-0.3, -0.25) is 58.3 Å². The number of rotatable bonds is 19. The van der Waals surface area contributed by atoms with Crippen LogP contribution in [-0.4, -0.2) is 142 Å². The zero-order valence-corrected chi connectivity index (χ0v) is 42.3. The number of benzene rings is 2. The molecule has 0 saturated carbocycles. The lowest BCUT2D eigenvalue weighted by Crippen LogP contribution is -2.41. The number of carbonyl (C=O) groups excluding carboxylic acids is 7. The van der Waals surface area contributed by atoms with Crippen molar-refractivity contribution in [3.8, 4) is 12.8 Å². The number of nitrogens with two attached hydrogens (primary N) is 2. The Kier molecular flexibility index (Phi) is 20.9. The maximum Gasteiger partial charge on any atom is 0.333 e. The number of terminal acetylenes is 1. The van der Waals surface area contributed by atoms with Crippen LogP contribution >= 0.6 is 0 Å². The summed E-state index contributed by atoms with van der Waals surface area (Å²) in [5.41, 5.74) is 13.8. The highest BCUT2D eigenvalue weighted by molar-refractivity contribution is 6.02. The number of aryl methyl sites for hydroxylation is 4. The SMILES string of the molecule is Nc1nc2ncc(CCc3ccc(C(=O)NC(CCC(=O)O)C(=O)O)cc3)nc2c(=O)[nH]1.Nc1nc2ncc(CCc3ccc(C(=O)NC(CCC(=O)ON4C(=O)CCC4=O)C(=O)O)cc3)nc2c(=O)[nH]1.O=C1CCC(=O)N1O.[2H]C#C. The predicted molar refractivity (Wildman–Crippen MR) is 276 cm³/mol. The summed E-state index contributed by atoms with van der Waals surface area (Å²) in [5.74, 6) is -8.45. The van der Waals surface area contributed by atoms with E-state index in [1.807, 2.05) is 0 Å². The molecule has 0 radical (unpaired) electrons. The molecule has 6 amide bonds. The lowest BCUT2D eigenvalue weighted by atomic mass is 10.1. The van der Waals surface area contributed by atoms with Crippen LogP contribution in [0.2, 0.25) is 0 Å². The topological polar surface area (TPSA) is 486 Å². The summed E-state index contributed by atoms with van der Waals surface area (Å²) in [6, 6.07) is 10.2. The summed E-state index contributed by atoms with van der Waals surface area (Å²) in [7, 11) is 0. The monoisotopic (exact) mass is 1120 g/mol. The van der Waals surface area contributed by atoms with Gasteiger partial charge in [0.25, 0.3) is 46.6 Å². The van der Waals surface area contributed by atoms with E-state index in [4.69, 9.17) is 33.1 Å². The van der Waals surface area contributed by atoms with E-state index in [2.05, 4.69) is 56.9 Å². The second-order valence-corrected chi connectivity index (χ2v) is 17.2. The molecule has 6 heterocycles. The fourth-order valence-electron chi connectivity index (χ4n) is 7.27. The van der Waals surface area contributed by atoms with Gasteiger partial charge >= 0.3 is 23.9 Å². The minimum Gasteiger partial charge on any atom is -0.481 e. The molecule has 6 aromatic rings. The molecule has 4 aromatic heterocycles. The van der Waals surface area contributed by atoms with Crippen LogP contribution in [0.1, 0.15) is 96.0 Å². The highest BCUT2D eigenvalue weighted by Gasteiger charge is 2.33. The van der Waals surface area contributed by atoms with Gasteiger partial charge in [0.05, 0.1) is 30.2 Å². The quantitative estimate of drug-likeness (QED) is 0.0279. The molecule has 2 fully saturated rings. The van der Waals surface area contributed by atoms with Gasteiger partial charge in [0.15, 0.2) is 22.3 Å². The van der Waals surface area contributed by atoms with E-state index in [1.165, 1.54) is 30.9 Å². The number of hydrogen-bond donors (Lipinski definition) is 10. The third kappa shape index (κ3) is 17.6. The number of carboxylic acids is 3. The van der Waals surface area contributed by atoms with Gasteiger partial charge in [0.1, 0.15) is 13.5 Å². The highest BCUT2D eigenvalue weighted by atomic mass is 16.7. The van der Waals surface area contributed by atoms with Crippen LogP contribution in [0.15, 0.2) is 70.5 Å². The van der Waals surface area contributed by atoms with Gasteiger partial charge in [-0.2, -0.15) is 15.0 Å². The van der Waals surface area contributed by atoms with E-state index in [9.17, 15) is 62.6 Å². The zero-order valence-electron chi connectivity index (χ0n) is 43.3. The minimum absolute atomic E-state index is 0.0368. The summed E-state index contributed by atoms with van der Waals surface area (Å²) in [4.78, 5) is 172. The number of aliphatic carboxylic acids is 3. The number of carbonyl (C=O) groups is 10. The molecule has 31 nitrogen and oxygen atoms in total. The number of aromatic nitrogens is 8. The van der Waals surface area contributed by atoms with Crippen molar-refractivity contribution < 1.29 is 74.7 Å². The van der Waals surface area contributed by atoms with Gasteiger partial charge in [-0.15, -0.1) is 17.9 Å². The zero-order chi connectivity index (χ0) is 60.2. The second-order valence-electron chi connectivity index (χ2n) is 17.2. The van der Waals surface area contributed by atoms with Crippen LogP contribution < -0.4 is 33.2 Å². The molecule has 2 aliphatic rings. The summed E-state index contributed by atoms with van der Waals surface area (Å²) < 4.78 is 5.74. The number of nitrogen functional groups attached to an aromatic ring is 2. The van der Waals surface area contributed by atoms with Crippen LogP contribution in [0.4, 0.5) is 11.9 Å². The summed E-state index contributed by atoms with van der Waals surface area (Å²) >= 11 is 0. The molecule has 12 N–H and O–H groups in total. The Morgan fingerprint density at radius 3 is 1.36 bits per heavy atom. The Bertz CT molecular complexity index is 3560. The van der Waals surface area contributed by atoms with Crippen LogP contribution in [0.25, 0.3) is 22.3 Å². The molecule has 2 atom stereocenters. The Balaban J connectivity index is 0.000000257. The first-order valence-corrected chi connectivity index (χ1v) is 23.9. The van der Waals surface area contributed by atoms with Crippen molar-refractivity contribution >= 4 is 93.5 Å². The molecule has 2 aliphatic heterocycles. The number of aromatic amines is 2. The van der Waals surface area contributed by atoms with Gasteiger partial charge < -0.3 is 42.3 Å². The normalized spacial score (nSPS) is 13.5. The molecule has 0 aliphatic carbocycles. The van der Waals surface area contributed by atoms with Crippen molar-refractivity contribution in [2.45, 2.75) is 89.1 Å². The lowest BCUT2D eigenvalue weighted by Gasteiger charge is -2.16. The highest BCUT2D eigenvalue weighted by Crippen LogP contribution is 2.16. The molecule has 0 spiro atoms. The van der Waals surface area contributed by atoms with Crippen LogP contribution in [0.3, 0.4) is 0 Å². The van der Waals surface area contributed by atoms with E-state index < -0.39 is 88.9 Å². The third-order valence-corrected chi connectivity index (χ3v) is 11.5. The molecule has 2 unspecified atom stereocenters. The number of nitrogens with zero attached hydrogens (tertiary/aromatic N) is 8. The molecule has 422 valence electrons. The largest absolute Gasteiger partial charge is 0.481 e. The fourth-order valence-corrected chi connectivity index (χ4v) is 7.27. The minimum atomic E-state index is -1.41.